The summed E-state index contributed by atoms with van der Waals surface area (Å²) in [7, 11) is -2.04. The van der Waals surface area contributed by atoms with E-state index in [4.69, 9.17) is 5.73 Å². The van der Waals surface area contributed by atoms with Gasteiger partial charge in [-0.3, -0.25) is 5.43 Å². The van der Waals surface area contributed by atoms with Crippen molar-refractivity contribution in [1.82, 2.24) is 9.71 Å². The van der Waals surface area contributed by atoms with Crippen molar-refractivity contribution in [3.8, 4) is 0 Å². The third-order valence-electron chi connectivity index (χ3n) is 2.35. The number of sulfonamides is 1. The Hall–Kier alpha value is -1.97. The third kappa shape index (κ3) is 3.53. The van der Waals surface area contributed by atoms with E-state index < -0.39 is 10.0 Å². The number of rotatable bonds is 5. The number of hydrogen-bond acceptors (Lipinski definition) is 7. The van der Waals surface area contributed by atoms with E-state index >= 15 is 0 Å². The molecule has 106 valence electrons. The predicted molar refractivity (Wildman–Crippen MR) is 80.4 cm³/mol. The van der Waals surface area contributed by atoms with E-state index in [2.05, 4.69) is 20.2 Å². The van der Waals surface area contributed by atoms with Crippen LogP contribution in [0.3, 0.4) is 0 Å². The van der Waals surface area contributed by atoms with Gasteiger partial charge in [0.05, 0.1) is 11.1 Å². The zero-order valence-electron chi connectivity index (χ0n) is 10.6. The van der Waals surface area contributed by atoms with Crippen LogP contribution in [0.5, 0.6) is 0 Å². The largest absolute Gasteiger partial charge is 0.383 e. The average Bonchev–Trinajstić information content (AvgIpc) is 2.85. The number of nitrogens with zero attached hydrogens (tertiary/aromatic N) is 2. The normalized spacial score (nSPS) is 11.8. The summed E-state index contributed by atoms with van der Waals surface area (Å²) in [6, 6.07) is 6.33. The van der Waals surface area contributed by atoms with Crippen LogP contribution in [0.4, 0.5) is 10.9 Å². The summed E-state index contributed by atoms with van der Waals surface area (Å²) < 4.78 is 25.3. The van der Waals surface area contributed by atoms with Crippen LogP contribution < -0.4 is 15.9 Å². The first-order valence-corrected chi connectivity index (χ1v) is 7.91. The Morgan fingerprint density at radius 3 is 2.60 bits per heavy atom. The van der Waals surface area contributed by atoms with Crippen molar-refractivity contribution >= 4 is 38.5 Å². The molecule has 0 saturated carbocycles. The molecule has 0 spiro atoms. The summed E-state index contributed by atoms with van der Waals surface area (Å²) in [4.78, 5) is 4.19. The van der Waals surface area contributed by atoms with Crippen LogP contribution in [0, 0.1) is 0 Å². The molecule has 0 unspecified atom stereocenters. The van der Waals surface area contributed by atoms with Gasteiger partial charge in [-0.2, -0.15) is 5.10 Å². The number of nitrogen functional groups attached to an aromatic ring is 1. The lowest BCUT2D eigenvalue weighted by molar-refractivity contribution is 0.588. The van der Waals surface area contributed by atoms with Crippen molar-refractivity contribution in [2.75, 3.05) is 18.2 Å². The molecule has 0 aliphatic carbocycles. The summed E-state index contributed by atoms with van der Waals surface area (Å²) in [5.74, 6) is 0.439. The van der Waals surface area contributed by atoms with E-state index in [1.165, 1.54) is 30.5 Å². The Labute approximate surface area is 120 Å². The molecule has 0 aliphatic rings. The molecule has 20 heavy (non-hydrogen) atoms. The summed E-state index contributed by atoms with van der Waals surface area (Å²) in [6.07, 6.45) is 1.56. The number of thiazole rings is 1. The van der Waals surface area contributed by atoms with Gasteiger partial charge in [0.2, 0.25) is 15.2 Å². The molecular formula is C11H13N5O2S2. The number of hydrazone groups is 1. The fourth-order valence-electron chi connectivity index (χ4n) is 1.35. The van der Waals surface area contributed by atoms with Gasteiger partial charge in [0.1, 0.15) is 5.82 Å². The number of benzene rings is 1. The van der Waals surface area contributed by atoms with E-state index in [0.29, 0.717) is 10.9 Å². The molecule has 4 N–H and O–H groups in total. The van der Waals surface area contributed by atoms with E-state index in [0.717, 1.165) is 5.56 Å². The number of nitrogens with one attached hydrogen (secondary N) is 2. The monoisotopic (exact) mass is 311 g/mol. The lowest BCUT2D eigenvalue weighted by atomic mass is 10.2. The molecule has 0 fully saturated rings. The predicted octanol–water partition coefficient (Wildman–Crippen LogP) is 1.08. The molecule has 0 amide bonds. The maximum absolute atomic E-state index is 11.5. The van der Waals surface area contributed by atoms with E-state index in [1.807, 2.05) is 0 Å². The van der Waals surface area contributed by atoms with Crippen LogP contribution in [0.25, 0.3) is 0 Å². The van der Waals surface area contributed by atoms with Crippen molar-refractivity contribution in [3.05, 3.63) is 35.2 Å². The smallest absolute Gasteiger partial charge is 0.240 e. The summed E-state index contributed by atoms with van der Waals surface area (Å²) in [5, 5.41) is 6.28. The minimum atomic E-state index is -3.41. The second-order valence-electron chi connectivity index (χ2n) is 3.72. The van der Waals surface area contributed by atoms with Crippen LogP contribution >= 0.6 is 11.3 Å². The zero-order chi connectivity index (χ0) is 14.6. The van der Waals surface area contributed by atoms with Crippen molar-refractivity contribution in [2.45, 2.75) is 4.90 Å². The lowest BCUT2D eigenvalue weighted by Crippen LogP contribution is -2.18. The molecule has 7 nitrogen and oxygen atoms in total. The van der Waals surface area contributed by atoms with Crippen LogP contribution in [-0.2, 0) is 10.0 Å². The Balaban J connectivity index is 2.04. The van der Waals surface area contributed by atoms with Crippen LogP contribution in [0.1, 0.15) is 5.56 Å². The highest BCUT2D eigenvalue weighted by Crippen LogP contribution is 2.16. The molecule has 2 rings (SSSR count). The number of nitrogens with two attached hydrogens (primary N) is 1. The van der Waals surface area contributed by atoms with Gasteiger partial charge < -0.3 is 5.73 Å². The molecule has 0 saturated heterocycles. The van der Waals surface area contributed by atoms with Gasteiger partial charge in [0, 0.05) is 5.38 Å². The van der Waals surface area contributed by atoms with Crippen molar-refractivity contribution in [1.29, 1.82) is 0 Å². The molecule has 0 aliphatic heterocycles. The van der Waals surface area contributed by atoms with E-state index in [-0.39, 0.29) is 4.90 Å². The molecule has 9 heteroatoms. The maximum atomic E-state index is 11.5. The molecule has 1 heterocycles. The number of aromatic nitrogens is 1. The highest BCUT2D eigenvalue weighted by atomic mass is 32.2. The SMILES string of the molecule is CNS(=O)(=O)c1ccc(C=NNc2nc(N)cs2)cc1. The first-order chi connectivity index (χ1) is 9.51. The van der Waals surface area contributed by atoms with Gasteiger partial charge in [0.25, 0.3) is 0 Å². The Morgan fingerprint density at radius 2 is 2.05 bits per heavy atom. The lowest BCUT2D eigenvalue weighted by Gasteiger charge is -2.02. The van der Waals surface area contributed by atoms with Gasteiger partial charge in [-0.1, -0.05) is 12.1 Å². The molecule has 0 bridgehead atoms. The summed E-state index contributed by atoms with van der Waals surface area (Å²) in [5.41, 5.74) is 8.97. The van der Waals surface area contributed by atoms with E-state index in [1.54, 1.807) is 23.7 Å². The molecule has 0 atom stereocenters. The summed E-state index contributed by atoms with van der Waals surface area (Å²) >= 11 is 1.34. The zero-order valence-corrected chi connectivity index (χ0v) is 12.2. The Kier molecular flexibility index (Phi) is 4.32. The van der Waals surface area contributed by atoms with Gasteiger partial charge in [0.15, 0.2) is 0 Å². The first kappa shape index (κ1) is 14.4. The van der Waals surface area contributed by atoms with Crippen LogP contribution in [-0.4, -0.2) is 26.7 Å². The van der Waals surface area contributed by atoms with Gasteiger partial charge in [-0.05, 0) is 24.7 Å². The fourth-order valence-corrected chi connectivity index (χ4v) is 2.63. The standard InChI is InChI=1S/C11H13N5O2S2/c1-13-20(17,18)9-4-2-8(3-5-9)6-14-16-11-15-10(12)7-19-11/h2-7,13H,12H2,1H3,(H,15,16). The number of hydrogen-bond donors (Lipinski definition) is 3. The molecular weight excluding hydrogens is 298 g/mol. The van der Waals surface area contributed by atoms with Crippen LogP contribution in [0.15, 0.2) is 39.6 Å². The average molecular weight is 311 g/mol. The fraction of sp³-hybridized carbons (Fsp3) is 0.0909. The molecule has 2 aromatic rings. The second kappa shape index (κ2) is 5.99. The highest BCUT2D eigenvalue weighted by molar-refractivity contribution is 7.89. The third-order valence-corrected chi connectivity index (χ3v) is 4.55. The Bertz CT molecular complexity index is 707. The molecule has 1 aromatic heterocycles. The maximum Gasteiger partial charge on any atom is 0.240 e. The minimum absolute atomic E-state index is 0.206. The highest BCUT2D eigenvalue weighted by Gasteiger charge is 2.09. The van der Waals surface area contributed by atoms with Crippen molar-refractivity contribution in [3.63, 3.8) is 0 Å². The first-order valence-electron chi connectivity index (χ1n) is 5.55. The quantitative estimate of drug-likeness (QED) is 0.565. The van der Waals surface area contributed by atoms with Gasteiger partial charge >= 0.3 is 0 Å². The number of anilines is 2. The van der Waals surface area contributed by atoms with Crippen LogP contribution in [0.2, 0.25) is 0 Å². The minimum Gasteiger partial charge on any atom is -0.383 e. The Morgan fingerprint density at radius 1 is 1.35 bits per heavy atom. The topological polar surface area (TPSA) is 109 Å². The van der Waals surface area contributed by atoms with Gasteiger partial charge in [-0.25, -0.2) is 18.1 Å². The summed E-state index contributed by atoms with van der Waals surface area (Å²) in [6.45, 7) is 0. The van der Waals surface area contributed by atoms with E-state index in [9.17, 15) is 8.42 Å². The molecule has 1 aromatic carbocycles. The second-order valence-corrected chi connectivity index (χ2v) is 6.47. The van der Waals surface area contributed by atoms with Crippen molar-refractivity contribution < 1.29 is 8.42 Å². The van der Waals surface area contributed by atoms with Gasteiger partial charge in [-0.15, -0.1) is 11.3 Å². The molecule has 0 radical (unpaired) electrons. The van der Waals surface area contributed by atoms with Crippen molar-refractivity contribution in [2.24, 2.45) is 5.10 Å².